The molecule has 1 aromatic heterocycles. The lowest BCUT2D eigenvalue weighted by atomic mass is 10.2. The molecule has 4 heteroatoms. The molecular weight excluding hydrogens is 272 g/mol. The highest BCUT2D eigenvalue weighted by atomic mass is 35.5. The number of phenols is 1. The molecule has 3 aromatic rings. The molecule has 0 aliphatic heterocycles. The highest BCUT2D eigenvalue weighted by Crippen LogP contribution is 2.33. The molecule has 3 nitrogen and oxygen atoms in total. The van der Waals surface area contributed by atoms with Crippen molar-refractivity contribution < 1.29 is 5.11 Å². The maximum absolute atomic E-state index is 10.1. The van der Waals surface area contributed by atoms with E-state index in [2.05, 4.69) is 28.6 Å². The molecule has 0 radical (unpaired) electrons. The Bertz CT molecular complexity index is 793. The molecule has 0 bridgehead atoms. The number of hydrogen-bond acceptors (Lipinski definition) is 2. The van der Waals surface area contributed by atoms with Gasteiger partial charge in [-0.1, -0.05) is 17.7 Å². The monoisotopic (exact) mass is 286 g/mol. The molecule has 0 atom stereocenters. The van der Waals surface area contributed by atoms with Gasteiger partial charge in [-0.3, -0.25) is 0 Å². The van der Waals surface area contributed by atoms with Crippen LogP contribution in [0.25, 0.3) is 22.4 Å². The van der Waals surface area contributed by atoms with Gasteiger partial charge in [0.15, 0.2) is 0 Å². The van der Waals surface area contributed by atoms with Crippen molar-refractivity contribution in [1.82, 2.24) is 9.55 Å². The Morgan fingerprint density at radius 2 is 2.00 bits per heavy atom. The van der Waals surface area contributed by atoms with Crippen LogP contribution in [-0.2, 0) is 6.54 Å². The van der Waals surface area contributed by atoms with E-state index in [0.29, 0.717) is 10.6 Å². The van der Waals surface area contributed by atoms with Gasteiger partial charge in [0.05, 0.1) is 16.6 Å². The molecule has 0 fully saturated rings. The van der Waals surface area contributed by atoms with Crippen molar-refractivity contribution in [2.45, 2.75) is 20.4 Å². The molecular formula is C16H15ClN2O. The summed E-state index contributed by atoms with van der Waals surface area (Å²) in [5.74, 6) is 0.934. The van der Waals surface area contributed by atoms with Crippen molar-refractivity contribution in [3.05, 3.63) is 47.0 Å². The van der Waals surface area contributed by atoms with E-state index >= 15 is 0 Å². The van der Waals surface area contributed by atoms with Gasteiger partial charge in [-0.2, -0.15) is 0 Å². The van der Waals surface area contributed by atoms with Crippen molar-refractivity contribution in [2.75, 3.05) is 0 Å². The lowest BCUT2D eigenvalue weighted by Gasteiger charge is -2.08. The Labute approximate surface area is 122 Å². The standard InChI is InChI=1S/C16H15ClN2O/c1-3-19-14-6-4-10(2)8-13(14)18-16(19)12-9-11(17)5-7-15(12)20/h4-9,20H,3H2,1-2H3. The van der Waals surface area contributed by atoms with E-state index in [1.165, 1.54) is 5.56 Å². The van der Waals surface area contributed by atoms with Gasteiger partial charge in [0.1, 0.15) is 11.6 Å². The molecule has 0 aliphatic rings. The summed E-state index contributed by atoms with van der Waals surface area (Å²) < 4.78 is 2.08. The van der Waals surface area contributed by atoms with Crippen LogP contribution in [0.4, 0.5) is 0 Å². The summed E-state index contributed by atoms with van der Waals surface area (Å²) in [6, 6.07) is 11.2. The Hall–Kier alpha value is -2.00. The van der Waals surface area contributed by atoms with Gasteiger partial charge < -0.3 is 9.67 Å². The molecule has 0 amide bonds. The Kier molecular flexibility index (Phi) is 3.14. The second-order valence-corrected chi connectivity index (χ2v) is 5.27. The maximum atomic E-state index is 10.1. The number of phenolic OH excluding ortho intramolecular Hbond substituents is 1. The molecule has 0 aliphatic carbocycles. The third-order valence-electron chi connectivity index (χ3n) is 3.42. The van der Waals surface area contributed by atoms with Crippen LogP contribution in [-0.4, -0.2) is 14.7 Å². The fourth-order valence-corrected chi connectivity index (χ4v) is 2.63. The molecule has 0 saturated heterocycles. The summed E-state index contributed by atoms with van der Waals surface area (Å²) in [5.41, 5.74) is 3.82. The fraction of sp³-hybridized carbons (Fsp3) is 0.188. The third-order valence-corrected chi connectivity index (χ3v) is 3.65. The summed E-state index contributed by atoms with van der Waals surface area (Å²) in [7, 11) is 0. The Morgan fingerprint density at radius 3 is 2.75 bits per heavy atom. The van der Waals surface area contributed by atoms with Gasteiger partial charge in [-0.25, -0.2) is 4.98 Å². The Morgan fingerprint density at radius 1 is 1.20 bits per heavy atom. The van der Waals surface area contributed by atoms with Crippen molar-refractivity contribution in [2.24, 2.45) is 0 Å². The van der Waals surface area contributed by atoms with E-state index in [1.54, 1.807) is 18.2 Å². The average molecular weight is 287 g/mol. The van der Waals surface area contributed by atoms with Gasteiger partial charge in [-0.15, -0.1) is 0 Å². The number of hydrogen-bond donors (Lipinski definition) is 1. The number of aromatic nitrogens is 2. The zero-order valence-corrected chi connectivity index (χ0v) is 12.1. The van der Waals surface area contributed by atoms with E-state index in [4.69, 9.17) is 11.6 Å². The molecule has 102 valence electrons. The minimum atomic E-state index is 0.191. The number of nitrogens with zero attached hydrogens (tertiary/aromatic N) is 2. The number of fused-ring (bicyclic) bond motifs is 1. The quantitative estimate of drug-likeness (QED) is 0.759. The van der Waals surface area contributed by atoms with Crippen LogP contribution >= 0.6 is 11.6 Å². The highest BCUT2D eigenvalue weighted by molar-refractivity contribution is 6.30. The summed E-state index contributed by atoms with van der Waals surface area (Å²) in [6.45, 7) is 4.88. The minimum Gasteiger partial charge on any atom is -0.507 e. The van der Waals surface area contributed by atoms with Crippen molar-refractivity contribution in [3.8, 4) is 17.1 Å². The SMILES string of the molecule is CCn1c(-c2cc(Cl)ccc2O)nc2cc(C)ccc21. The molecule has 2 aromatic carbocycles. The first kappa shape index (κ1) is 13.0. The van der Waals surface area contributed by atoms with E-state index < -0.39 is 0 Å². The van der Waals surface area contributed by atoms with Gasteiger partial charge in [0.2, 0.25) is 0 Å². The normalized spacial score (nSPS) is 11.2. The summed E-state index contributed by atoms with van der Waals surface area (Å²) in [4.78, 5) is 4.66. The molecule has 1 heterocycles. The zero-order chi connectivity index (χ0) is 14.3. The van der Waals surface area contributed by atoms with Gasteiger partial charge >= 0.3 is 0 Å². The van der Waals surface area contributed by atoms with Crippen LogP contribution in [0.15, 0.2) is 36.4 Å². The third kappa shape index (κ3) is 2.04. The predicted octanol–water partition coefficient (Wildman–Crippen LogP) is 4.39. The second kappa shape index (κ2) is 4.84. The Balaban J connectivity index is 2.32. The molecule has 3 rings (SSSR count). The average Bonchev–Trinajstić information content (AvgIpc) is 2.78. The first-order valence-corrected chi connectivity index (χ1v) is 6.93. The predicted molar refractivity (Wildman–Crippen MR) is 82.3 cm³/mol. The number of aryl methyl sites for hydroxylation is 2. The van der Waals surface area contributed by atoms with Crippen LogP contribution < -0.4 is 0 Å². The van der Waals surface area contributed by atoms with Crippen molar-refractivity contribution in [1.29, 1.82) is 0 Å². The molecule has 0 saturated carbocycles. The largest absolute Gasteiger partial charge is 0.507 e. The molecule has 1 N–H and O–H groups in total. The van der Waals surface area contributed by atoms with Crippen LogP contribution in [0, 0.1) is 6.92 Å². The fourth-order valence-electron chi connectivity index (χ4n) is 2.45. The first-order valence-electron chi connectivity index (χ1n) is 6.56. The van der Waals surface area contributed by atoms with Gasteiger partial charge in [0, 0.05) is 11.6 Å². The number of aromatic hydroxyl groups is 1. The van der Waals surface area contributed by atoms with Crippen LogP contribution in [0.5, 0.6) is 5.75 Å². The maximum Gasteiger partial charge on any atom is 0.144 e. The molecule has 0 spiro atoms. The van der Waals surface area contributed by atoms with Crippen LogP contribution in [0.3, 0.4) is 0 Å². The number of rotatable bonds is 2. The summed E-state index contributed by atoms with van der Waals surface area (Å²) in [6.07, 6.45) is 0. The van der Waals surface area contributed by atoms with Crippen molar-refractivity contribution >= 4 is 22.6 Å². The number of halogens is 1. The van der Waals surface area contributed by atoms with Crippen LogP contribution in [0.1, 0.15) is 12.5 Å². The van der Waals surface area contributed by atoms with Gasteiger partial charge in [-0.05, 0) is 49.7 Å². The van der Waals surface area contributed by atoms with Crippen molar-refractivity contribution in [3.63, 3.8) is 0 Å². The van der Waals surface area contributed by atoms with E-state index in [0.717, 1.165) is 23.4 Å². The zero-order valence-electron chi connectivity index (χ0n) is 11.4. The first-order chi connectivity index (χ1) is 9.60. The topological polar surface area (TPSA) is 38.0 Å². The number of imidazole rings is 1. The summed E-state index contributed by atoms with van der Waals surface area (Å²) in [5, 5.41) is 10.7. The summed E-state index contributed by atoms with van der Waals surface area (Å²) >= 11 is 6.04. The minimum absolute atomic E-state index is 0.191. The van der Waals surface area contributed by atoms with E-state index in [1.807, 2.05) is 13.0 Å². The van der Waals surface area contributed by atoms with E-state index in [9.17, 15) is 5.11 Å². The smallest absolute Gasteiger partial charge is 0.144 e. The van der Waals surface area contributed by atoms with Crippen LogP contribution in [0.2, 0.25) is 5.02 Å². The highest BCUT2D eigenvalue weighted by Gasteiger charge is 2.15. The second-order valence-electron chi connectivity index (χ2n) is 4.83. The lowest BCUT2D eigenvalue weighted by molar-refractivity contribution is 0.476. The van der Waals surface area contributed by atoms with E-state index in [-0.39, 0.29) is 5.75 Å². The van der Waals surface area contributed by atoms with Gasteiger partial charge in [0.25, 0.3) is 0 Å². The molecule has 20 heavy (non-hydrogen) atoms. The molecule has 0 unspecified atom stereocenters. The number of benzene rings is 2. The lowest BCUT2D eigenvalue weighted by Crippen LogP contribution is -1.97.